The second kappa shape index (κ2) is 8.27. The smallest absolute Gasteiger partial charge is 0.250 e. The first kappa shape index (κ1) is 17.6. The van der Waals surface area contributed by atoms with Crippen LogP contribution in [-0.4, -0.2) is 18.1 Å². The van der Waals surface area contributed by atoms with E-state index in [1.165, 1.54) is 6.08 Å². The van der Waals surface area contributed by atoms with Gasteiger partial charge in [0.15, 0.2) is 5.11 Å². The third kappa shape index (κ3) is 4.46. The number of anilines is 1. The topological polar surface area (TPSA) is 50.4 Å². The number of hydrogen-bond donors (Lipinski definition) is 2. The molecule has 0 bridgehead atoms. The minimum absolute atomic E-state index is 0.228. The van der Waals surface area contributed by atoms with Gasteiger partial charge in [-0.05, 0) is 46.8 Å². The number of fused-ring (bicyclic) bond motifs is 1. The highest BCUT2D eigenvalue weighted by molar-refractivity contribution is 7.80. The molecule has 3 rings (SSSR count). The van der Waals surface area contributed by atoms with Crippen molar-refractivity contribution in [3.63, 3.8) is 0 Å². The fourth-order valence-corrected chi connectivity index (χ4v) is 2.80. The minimum Gasteiger partial charge on any atom is -0.497 e. The first-order valence-corrected chi connectivity index (χ1v) is 8.48. The lowest BCUT2D eigenvalue weighted by Gasteiger charge is -2.09. The van der Waals surface area contributed by atoms with Crippen LogP contribution in [0.25, 0.3) is 16.8 Å². The van der Waals surface area contributed by atoms with Crippen LogP contribution in [0.15, 0.2) is 72.8 Å². The van der Waals surface area contributed by atoms with Crippen LogP contribution in [0.4, 0.5) is 5.69 Å². The molecule has 0 atom stereocenters. The zero-order valence-electron chi connectivity index (χ0n) is 14.2. The van der Waals surface area contributed by atoms with Gasteiger partial charge in [-0.15, -0.1) is 0 Å². The van der Waals surface area contributed by atoms with Gasteiger partial charge in [0.1, 0.15) is 5.75 Å². The van der Waals surface area contributed by atoms with E-state index in [-0.39, 0.29) is 11.0 Å². The molecule has 0 aliphatic carbocycles. The lowest BCUT2D eigenvalue weighted by molar-refractivity contribution is -0.115. The highest BCUT2D eigenvalue weighted by Crippen LogP contribution is 2.19. The molecule has 0 saturated heterocycles. The zero-order chi connectivity index (χ0) is 18.4. The minimum atomic E-state index is -0.293. The molecule has 3 aromatic rings. The Kier molecular flexibility index (Phi) is 5.61. The van der Waals surface area contributed by atoms with E-state index < -0.39 is 0 Å². The summed E-state index contributed by atoms with van der Waals surface area (Å²) < 4.78 is 5.16. The Bertz CT molecular complexity index is 977. The molecular formula is C21H18N2O2S. The number of amides is 1. The van der Waals surface area contributed by atoms with E-state index >= 15 is 0 Å². The van der Waals surface area contributed by atoms with Crippen molar-refractivity contribution >= 4 is 45.8 Å². The largest absolute Gasteiger partial charge is 0.497 e. The average Bonchev–Trinajstić information content (AvgIpc) is 2.66. The summed E-state index contributed by atoms with van der Waals surface area (Å²) in [5, 5.41) is 8.05. The van der Waals surface area contributed by atoms with Crippen molar-refractivity contribution < 1.29 is 9.53 Å². The van der Waals surface area contributed by atoms with Gasteiger partial charge in [-0.2, -0.15) is 0 Å². The third-order valence-corrected chi connectivity index (χ3v) is 4.01. The van der Waals surface area contributed by atoms with Crippen molar-refractivity contribution in [2.45, 2.75) is 0 Å². The Hall–Kier alpha value is -3.18. The second-order valence-corrected chi connectivity index (χ2v) is 5.99. The standard InChI is InChI=1S/C21H18N2O2S/c1-25-18-10-5-9-17(14-18)22-21(26)23-20(24)13-12-16-8-4-7-15-6-2-3-11-19(15)16/h2-14H,1H3,(H2,22,23,24,26)/b13-12+. The molecule has 3 aromatic carbocycles. The summed E-state index contributed by atoms with van der Waals surface area (Å²) in [4.78, 5) is 12.1. The van der Waals surface area contributed by atoms with Gasteiger partial charge < -0.3 is 10.1 Å². The maximum Gasteiger partial charge on any atom is 0.250 e. The molecule has 1 amide bonds. The van der Waals surface area contributed by atoms with E-state index in [1.807, 2.05) is 60.7 Å². The van der Waals surface area contributed by atoms with Gasteiger partial charge in [0, 0.05) is 17.8 Å². The van der Waals surface area contributed by atoms with Crippen LogP contribution in [0.1, 0.15) is 5.56 Å². The number of carbonyl (C=O) groups excluding carboxylic acids is 1. The number of thiocarbonyl (C=S) groups is 1. The first-order chi connectivity index (χ1) is 12.7. The van der Waals surface area contributed by atoms with E-state index in [2.05, 4.69) is 10.6 Å². The van der Waals surface area contributed by atoms with Gasteiger partial charge in [0.25, 0.3) is 0 Å². The van der Waals surface area contributed by atoms with Gasteiger partial charge in [0.2, 0.25) is 5.91 Å². The molecule has 4 nitrogen and oxygen atoms in total. The van der Waals surface area contributed by atoms with Crippen molar-refractivity contribution in [2.75, 3.05) is 12.4 Å². The highest BCUT2D eigenvalue weighted by Gasteiger charge is 2.03. The molecule has 26 heavy (non-hydrogen) atoms. The molecule has 0 aromatic heterocycles. The summed E-state index contributed by atoms with van der Waals surface area (Å²) in [7, 11) is 1.59. The zero-order valence-corrected chi connectivity index (χ0v) is 15.0. The van der Waals surface area contributed by atoms with E-state index in [9.17, 15) is 4.79 Å². The summed E-state index contributed by atoms with van der Waals surface area (Å²) in [6.45, 7) is 0. The molecule has 2 N–H and O–H groups in total. The van der Waals surface area contributed by atoms with Crippen molar-refractivity contribution in [3.05, 3.63) is 78.4 Å². The summed E-state index contributed by atoms with van der Waals surface area (Å²) >= 11 is 5.18. The SMILES string of the molecule is COc1cccc(NC(=S)NC(=O)/C=C/c2cccc3ccccc23)c1. The number of nitrogens with one attached hydrogen (secondary N) is 2. The summed E-state index contributed by atoms with van der Waals surface area (Å²) in [6, 6.07) is 21.3. The predicted molar refractivity (Wildman–Crippen MR) is 110 cm³/mol. The summed E-state index contributed by atoms with van der Waals surface area (Å²) in [6.07, 6.45) is 3.26. The lowest BCUT2D eigenvalue weighted by atomic mass is 10.0. The average molecular weight is 362 g/mol. The van der Waals surface area contributed by atoms with Crippen LogP contribution in [0.5, 0.6) is 5.75 Å². The molecule has 0 radical (unpaired) electrons. The Morgan fingerprint density at radius 3 is 2.65 bits per heavy atom. The quantitative estimate of drug-likeness (QED) is 0.534. The van der Waals surface area contributed by atoms with Gasteiger partial charge in [-0.1, -0.05) is 48.5 Å². The van der Waals surface area contributed by atoms with Crippen molar-refractivity contribution in [1.29, 1.82) is 0 Å². The number of methoxy groups -OCH3 is 1. The molecule has 0 heterocycles. The maximum absolute atomic E-state index is 12.1. The molecule has 0 saturated carbocycles. The van der Waals surface area contributed by atoms with Crippen LogP contribution in [0.3, 0.4) is 0 Å². The Morgan fingerprint density at radius 1 is 1.04 bits per heavy atom. The van der Waals surface area contributed by atoms with E-state index in [0.29, 0.717) is 5.75 Å². The monoisotopic (exact) mass is 362 g/mol. The third-order valence-electron chi connectivity index (χ3n) is 3.80. The van der Waals surface area contributed by atoms with Gasteiger partial charge in [0.05, 0.1) is 7.11 Å². The molecule has 0 spiro atoms. The molecule has 5 heteroatoms. The molecule has 0 aliphatic heterocycles. The highest BCUT2D eigenvalue weighted by atomic mass is 32.1. The van der Waals surface area contributed by atoms with Crippen molar-refractivity contribution in [1.82, 2.24) is 5.32 Å². The molecule has 0 fully saturated rings. The van der Waals surface area contributed by atoms with Crippen LogP contribution >= 0.6 is 12.2 Å². The van der Waals surface area contributed by atoms with Gasteiger partial charge in [-0.3, -0.25) is 10.1 Å². The summed E-state index contributed by atoms with van der Waals surface area (Å²) in [5.74, 6) is 0.415. The second-order valence-electron chi connectivity index (χ2n) is 5.58. The van der Waals surface area contributed by atoms with Crippen LogP contribution < -0.4 is 15.4 Å². The van der Waals surface area contributed by atoms with E-state index in [4.69, 9.17) is 17.0 Å². The van der Waals surface area contributed by atoms with Gasteiger partial charge in [-0.25, -0.2) is 0 Å². The Morgan fingerprint density at radius 2 is 1.81 bits per heavy atom. The number of hydrogen-bond acceptors (Lipinski definition) is 3. The van der Waals surface area contributed by atoms with Crippen LogP contribution in [0.2, 0.25) is 0 Å². The fraction of sp³-hybridized carbons (Fsp3) is 0.0476. The van der Waals surface area contributed by atoms with Crippen LogP contribution in [-0.2, 0) is 4.79 Å². The van der Waals surface area contributed by atoms with Crippen molar-refractivity contribution in [2.24, 2.45) is 0 Å². The number of rotatable bonds is 4. The van der Waals surface area contributed by atoms with E-state index in [1.54, 1.807) is 19.3 Å². The Balaban J connectivity index is 1.64. The predicted octanol–water partition coefficient (Wildman–Crippen LogP) is 4.37. The molecule has 0 unspecified atom stereocenters. The van der Waals surface area contributed by atoms with Gasteiger partial charge >= 0.3 is 0 Å². The lowest BCUT2D eigenvalue weighted by Crippen LogP contribution is -2.32. The number of ether oxygens (including phenoxy) is 1. The number of carbonyl (C=O) groups is 1. The normalized spacial score (nSPS) is 10.7. The first-order valence-electron chi connectivity index (χ1n) is 8.07. The van der Waals surface area contributed by atoms with Crippen LogP contribution in [0, 0.1) is 0 Å². The molecular weight excluding hydrogens is 344 g/mol. The summed E-state index contributed by atoms with van der Waals surface area (Å²) in [5.41, 5.74) is 1.72. The molecule has 0 aliphatic rings. The Labute approximate surface area is 157 Å². The number of benzene rings is 3. The van der Waals surface area contributed by atoms with E-state index in [0.717, 1.165) is 22.0 Å². The fourth-order valence-electron chi connectivity index (χ4n) is 2.58. The maximum atomic E-state index is 12.1. The molecule has 130 valence electrons. The van der Waals surface area contributed by atoms with Crippen molar-refractivity contribution in [3.8, 4) is 5.75 Å².